The van der Waals surface area contributed by atoms with Crippen molar-refractivity contribution in [3.8, 4) is 0 Å². The maximum atomic E-state index is 11.6. The summed E-state index contributed by atoms with van der Waals surface area (Å²) in [4.78, 5) is 35.4. The van der Waals surface area contributed by atoms with Crippen molar-refractivity contribution < 1.29 is 24.2 Å². The van der Waals surface area contributed by atoms with Crippen molar-refractivity contribution in [2.24, 2.45) is 5.92 Å². The van der Waals surface area contributed by atoms with E-state index in [1.54, 1.807) is 25.7 Å². The number of rotatable bonds is 6. The Morgan fingerprint density at radius 3 is 2.57 bits per heavy atom. The molecule has 1 rings (SSSR count). The molecule has 0 aliphatic carbocycles. The number of unbranched alkanes of at least 4 members (excludes halogenated alkanes) is 1. The molecule has 0 aromatic rings. The smallest absolute Gasteiger partial charge is 0.407 e. The summed E-state index contributed by atoms with van der Waals surface area (Å²) in [6.45, 7) is 6.67. The van der Waals surface area contributed by atoms with Gasteiger partial charge in [-0.3, -0.25) is 9.59 Å². The molecule has 0 saturated carbocycles. The van der Waals surface area contributed by atoms with Gasteiger partial charge in [0.2, 0.25) is 5.91 Å². The zero-order valence-corrected chi connectivity index (χ0v) is 12.8. The summed E-state index contributed by atoms with van der Waals surface area (Å²) in [6, 6.07) is 0. The van der Waals surface area contributed by atoms with E-state index < -0.39 is 23.6 Å². The SMILES string of the molecule is CC(C)(C)OC(=O)NCCCCN1CC(C(=O)O)CC1=O. The number of alkyl carbamates (subject to hydrolysis) is 1. The molecule has 1 unspecified atom stereocenters. The van der Waals surface area contributed by atoms with Gasteiger partial charge in [-0.2, -0.15) is 0 Å². The topological polar surface area (TPSA) is 95.9 Å². The van der Waals surface area contributed by atoms with Crippen LogP contribution >= 0.6 is 0 Å². The molecule has 2 N–H and O–H groups in total. The highest BCUT2D eigenvalue weighted by Crippen LogP contribution is 2.18. The molecule has 1 aliphatic heterocycles. The summed E-state index contributed by atoms with van der Waals surface area (Å²) < 4.78 is 5.10. The Morgan fingerprint density at radius 2 is 2.05 bits per heavy atom. The maximum Gasteiger partial charge on any atom is 0.407 e. The first-order valence-electron chi connectivity index (χ1n) is 7.16. The lowest BCUT2D eigenvalue weighted by molar-refractivity contribution is -0.141. The highest BCUT2D eigenvalue weighted by atomic mass is 16.6. The van der Waals surface area contributed by atoms with Crippen LogP contribution in [0.15, 0.2) is 0 Å². The van der Waals surface area contributed by atoms with Crippen LogP contribution in [-0.2, 0) is 14.3 Å². The second-order valence-corrected chi connectivity index (χ2v) is 6.21. The zero-order chi connectivity index (χ0) is 16.0. The predicted molar refractivity (Wildman–Crippen MR) is 75.8 cm³/mol. The third-order valence-corrected chi connectivity index (χ3v) is 3.09. The number of carbonyl (C=O) groups is 3. The van der Waals surface area contributed by atoms with Crippen molar-refractivity contribution in [2.75, 3.05) is 19.6 Å². The van der Waals surface area contributed by atoms with Gasteiger partial charge >= 0.3 is 12.1 Å². The summed E-state index contributed by atoms with van der Waals surface area (Å²) in [5.41, 5.74) is -0.516. The van der Waals surface area contributed by atoms with E-state index in [1.807, 2.05) is 0 Å². The van der Waals surface area contributed by atoms with Gasteiger partial charge < -0.3 is 20.1 Å². The predicted octanol–water partition coefficient (Wildman–Crippen LogP) is 1.22. The highest BCUT2D eigenvalue weighted by molar-refractivity contribution is 5.86. The first kappa shape index (κ1) is 17.3. The molecule has 1 fully saturated rings. The monoisotopic (exact) mass is 300 g/mol. The summed E-state index contributed by atoms with van der Waals surface area (Å²) in [5.74, 6) is -1.61. The Hall–Kier alpha value is -1.79. The lowest BCUT2D eigenvalue weighted by Crippen LogP contribution is -2.33. The molecular formula is C14H24N2O5. The Morgan fingerprint density at radius 1 is 1.38 bits per heavy atom. The van der Waals surface area contributed by atoms with Gasteiger partial charge in [-0.1, -0.05) is 0 Å². The fraction of sp³-hybridized carbons (Fsp3) is 0.786. The van der Waals surface area contributed by atoms with Crippen molar-refractivity contribution in [3.05, 3.63) is 0 Å². The molecule has 0 aromatic carbocycles. The Labute approximate surface area is 124 Å². The molecular weight excluding hydrogens is 276 g/mol. The first-order chi connectivity index (χ1) is 9.69. The number of carbonyl (C=O) groups excluding carboxylic acids is 2. The minimum Gasteiger partial charge on any atom is -0.481 e. The van der Waals surface area contributed by atoms with Gasteiger partial charge in [0, 0.05) is 26.1 Å². The van der Waals surface area contributed by atoms with Gasteiger partial charge in [0.15, 0.2) is 0 Å². The number of hydrogen-bond donors (Lipinski definition) is 2. The molecule has 0 radical (unpaired) electrons. The average Bonchev–Trinajstić information content (AvgIpc) is 2.68. The summed E-state index contributed by atoms with van der Waals surface area (Å²) in [7, 11) is 0. The van der Waals surface area contributed by atoms with Crippen LogP contribution in [-0.4, -0.2) is 53.2 Å². The van der Waals surface area contributed by atoms with Crippen LogP contribution in [0, 0.1) is 5.92 Å². The largest absolute Gasteiger partial charge is 0.481 e. The third-order valence-electron chi connectivity index (χ3n) is 3.09. The van der Waals surface area contributed by atoms with E-state index in [9.17, 15) is 14.4 Å². The fourth-order valence-electron chi connectivity index (χ4n) is 2.09. The molecule has 7 heteroatoms. The minimum absolute atomic E-state index is 0.0888. The van der Waals surface area contributed by atoms with E-state index in [-0.39, 0.29) is 18.9 Å². The molecule has 1 saturated heterocycles. The number of nitrogens with zero attached hydrogens (tertiary/aromatic N) is 1. The molecule has 1 aliphatic rings. The van der Waals surface area contributed by atoms with Gasteiger partial charge in [-0.25, -0.2) is 4.79 Å². The van der Waals surface area contributed by atoms with Crippen LogP contribution in [0.4, 0.5) is 4.79 Å². The lowest BCUT2D eigenvalue weighted by Gasteiger charge is -2.20. The average molecular weight is 300 g/mol. The van der Waals surface area contributed by atoms with Gasteiger partial charge in [0.25, 0.3) is 0 Å². The van der Waals surface area contributed by atoms with Gasteiger partial charge in [-0.05, 0) is 33.6 Å². The Balaban J connectivity index is 2.14. The summed E-state index contributed by atoms with van der Waals surface area (Å²) in [6.07, 6.45) is 1.06. The van der Waals surface area contributed by atoms with Crippen LogP contribution in [0.2, 0.25) is 0 Å². The number of aliphatic carboxylic acids is 1. The second-order valence-electron chi connectivity index (χ2n) is 6.21. The quantitative estimate of drug-likeness (QED) is 0.719. The number of likely N-dealkylation sites (tertiary alicyclic amines) is 1. The van der Waals surface area contributed by atoms with E-state index in [2.05, 4.69) is 5.32 Å². The van der Waals surface area contributed by atoms with E-state index in [0.29, 0.717) is 25.9 Å². The normalized spacial score (nSPS) is 18.7. The Bertz CT molecular complexity index is 403. The fourth-order valence-corrected chi connectivity index (χ4v) is 2.09. The molecule has 1 heterocycles. The van der Waals surface area contributed by atoms with E-state index >= 15 is 0 Å². The number of nitrogens with one attached hydrogen (secondary N) is 1. The van der Waals surface area contributed by atoms with Gasteiger partial charge in [-0.15, -0.1) is 0 Å². The first-order valence-corrected chi connectivity index (χ1v) is 7.16. The number of carboxylic acids is 1. The molecule has 7 nitrogen and oxygen atoms in total. The van der Waals surface area contributed by atoms with E-state index in [4.69, 9.17) is 9.84 Å². The van der Waals surface area contributed by atoms with Crippen LogP contribution in [0.5, 0.6) is 0 Å². The molecule has 0 aromatic heterocycles. The van der Waals surface area contributed by atoms with Crippen LogP contribution in [0.3, 0.4) is 0 Å². The molecule has 0 bridgehead atoms. The van der Waals surface area contributed by atoms with E-state index in [1.165, 1.54) is 0 Å². The summed E-state index contributed by atoms with van der Waals surface area (Å²) in [5, 5.41) is 11.5. The molecule has 21 heavy (non-hydrogen) atoms. The second kappa shape index (κ2) is 7.28. The van der Waals surface area contributed by atoms with Gasteiger partial charge in [0.1, 0.15) is 5.60 Å². The molecule has 120 valence electrons. The van der Waals surface area contributed by atoms with Crippen LogP contribution in [0.25, 0.3) is 0 Å². The number of ether oxygens (including phenoxy) is 1. The van der Waals surface area contributed by atoms with E-state index in [0.717, 1.165) is 0 Å². The van der Waals surface area contributed by atoms with Crippen molar-refractivity contribution in [1.29, 1.82) is 0 Å². The van der Waals surface area contributed by atoms with Crippen molar-refractivity contribution in [2.45, 2.75) is 45.6 Å². The van der Waals surface area contributed by atoms with Crippen molar-refractivity contribution >= 4 is 18.0 Å². The maximum absolute atomic E-state index is 11.6. The van der Waals surface area contributed by atoms with Gasteiger partial charge in [0.05, 0.1) is 5.92 Å². The number of hydrogen-bond acceptors (Lipinski definition) is 4. The number of amides is 2. The third kappa shape index (κ3) is 6.46. The van der Waals surface area contributed by atoms with Crippen molar-refractivity contribution in [3.63, 3.8) is 0 Å². The Kier molecular flexibility index (Phi) is 5.99. The molecule has 0 spiro atoms. The molecule has 1 atom stereocenters. The van der Waals surface area contributed by atoms with Crippen LogP contribution < -0.4 is 5.32 Å². The molecule has 2 amide bonds. The lowest BCUT2D eigenvalue weighted by atomic mass is 10.1. The summed E-state index contributed by atoms with van der Waals surface area (Å²) >= 11 is 0. The standard InChI is InChI=1S/C14H24N2O5/c1-14(2,3)21-13(20)15-6-4-5-7-16-9-10(12(18)19)8-11(16)17/h10H,4-9H2,1-3H3,(H,15,20)(H,18,19). The minimum atomic E-state index is -0.919. The highest BCUT2D eigenvalue weighted by Gasteiger charge is 2.33. The zero-order valence-electron chi connectivity index (χ0n) is 12.8. The number of carboxylic acid groups (broad SMARTS) is 1. The van der Waals surface area contributed by atoms with Crippen molar-refractivity contribution in [1.82, 2.24) is 10.2 Å². The van der Waals surface area contributed by atoms with Crippen LogP contribution in [0.1, 0.15) is 40.0 Å².